The van der Waals surface area contributed by atoms with E-state index in [2.05, 4.69) is 10.6 Å². The maximum Gasteiger partial charge on any atom is 0.251 e. The molecular weight excluding hydrogens is 307 g/mol. The molecule has 0 saturated carbocycles. The van der Waals surface area contributed by atoms with Gasteiger partial charge in [-0.15, -0.1) is 0 Å². The molecule has 2 rings (SSSR count). The molecule has 2 aromatic carbocycles. The molecule has 0 atom stereocenters. The van der Waals surface area contributed by atoms with Crippen molar-refractivity contribution in [1.29, 1.82) is 0 Å². The number of halogens is 2. The predicted molar refractivity (Wildman–Crippen MR) is 85.2 cm³/mol. The van der Waals surface area contributed by atoms with Crippen molar-refractivity contribution in [2.45, 2.75) is 0 Å². The third kappa shape index (κ3) is 4.11. The van der Waals surface area contributed by atoms with E-state index < -0.39 is 5.82 Å². The van der Waals surface area contributed by atoms with Gasteiger partial charge in [-0.2, -0.15) is 0 Å². The normalized spacial score (nSPS) is 10.1. The number of benzene rings is 2. The predicted octanol–water partition coefficient (Wildman–Crippen LogP) is 3.33. The first-order chi connectivity index (χ1) is 10.6. The summed E-state index contributed by atoms with van der Waals surface area (Å²) >= 11 is 6.07. The molecule has 2 N–H and O–H groups in total. The zero-order valence-electron chi connectivity index (χ0n) is 12.0. The quantitative estimate of drug-likeness (QED) is 0.802. The van der Waals surface area contributed by atoms with Crippen LogP contribution in [-0.2, 0) is 0 Å². The van der Waals surface area contributed by atoms with Crippen LogP contribution >= 0.6 is 11.6 Å². The molecule has 22 heavy (non-hydrogen) atoms. The van der Waals surface area contributed by atoms with Crippen LogP contribution in [0.1, 0.15) is 10.4 Å². The van der Waals surface area contributed by atoms with Crippen LogP contribution in [-0.4, -0.2) is 26.1 Å². The van der Waals surface area contributed by atoms with Crippen LogP contribution in [0.15, 0.2) is 42.5 Å². The number of ether oxygens (including phenoxy) is 1. The molecule has 6 heteroatoms. The molecule has 4 nitrogen and oxygen atoms in total. The Kier molecular flexibility index (Phi) is 5.61. The van der Waals surface area contributed by atoms with Gasteiger partial charge in [-0.3, -0.25) is 4.79 Å². The standard InChI is InChI=1S/C16H16ClFN2O2/c1-19-16(21)11-6-7-12(17)14(10-11)20-8-9-22-15-5-3-2-4-13(15)18/h2-7,10,20H,8-9H2,1H3,(H,19,21). The number of para-hydroxylation sites is 1. The van der Waals surface area contributed by atoms with Crippen LogP contribution in [0.2, 0.25) is 5.02 Å². The average Bonchev–Trinajstić information content (AvgIpc) is 2.54. The zero-order chi connectivity index (χ0) is 15.9. The molecule has 0 spiro atoms. The molecule has 1 amide bonds. The van der Waals surface area contributed by atoms with Gasteiger partial charge in [0, 0.05) is 19.2 Å². The number of rotatable bonds is 6. The molecule has 0 aromatic heterocycles. The van der Waals surface area contributed by atoms with E-state index in [1.165, 1.54) is 6.07 Å². The average molecular weight is 323 g/mol. The second-order valence-corrected chi connectivity index (χ2v) is 4.89. The molecular formula is C16H16ClFN2O2. The Morgan fingerprint density at radius 3 is 2.77 bits per heavy atom. The van der Waals surface area contributed by atoms with Crippen molar-refractivity contribution in [3.8, 4) is 5.75 Å². The van der Waals surface area contributed by atoms with E-state index in [0.29, 0.717) is 22.8 Å². The molecule has 2 aromatic rings. The van der Waals surface area contributed by atoms with Gasteiger partial charge in [0.1, 0.15) is 6.61 Å². The Morgan fingerprint density at radius 1 is 1.27 bits per heavy atom. The van der Waals surface area contributed by atoms with Crippen LogP contribution in [0, 0.1) is 5.82 Å². The number of carbonyl (C=O) groups is 1. The molecule has 0 aliphatic rings. The maximum absolute atomic E-state index is 13.4. The van der Waals surface area contributed by atoms with Gasteiger partial charge in [0.2, 0.25) is 0 Å². The number of amides is 1. The number of carbonyl (C=O) groups excluding carboxylic acids is 1. The van der Waals surface area contributed by atoms with Crippen molar-refractivity contribution in [3.63, 3.8) is 0 Å². The Labute approximate surface area is 133 Å². The van der Waals surface area contributed by atoms with Crippen molar-refractivity contribution in [2.24, 2.45) is 0 Å². The first-order valence-electron chi connectivity index (χ1n) is 6.74. The Bertz CT molecular complexity index is 664. The molecule has 0 fully saturated rings. The first kappa shape index (κ1) is 16.1. The third-order valence-electron chi connectivity index (χ3n) is 2.97. The van der Waals surface area contributed by atoms with Crippen LogP contribution in [0.4, 0.5) is 10.1 Å². The highest BCUT2D eigenvalue weighted by molar-refractivity contribution is 6.33. The van der Waals surface area contributed by atoms with Gasteiger partial charge in [0.05, 0.1) is 10.7 Å². The smallest absolute Gasteiger partial charge is 0.251 e. The lowest BCUT2D eigenvalue weighted by molar-refractivity contribution is 0.0963. The number of hydrogen-bond acceptors (Lipinski definition) is 3. The SMILES string of the molecule is CNC(=O)c1ccc(Cl)c(NCCOc2ccccc2F)c1. The van der Waals surface area contributed by atoms with E-state index in [1.807, 2.05) is 0 Å². The molecule has 0 aliphatic carbocycles. The molecule has 0 radical (unpaired) electrons. The minimum atomic E-state index is -0.401. The molecule has 0 aliphatic heterocycles. The van der Waals surface area contributed by atoms with Crippen LogP contribution in [0.5, 0.6) is 5.75 Å². The fourth-order valence-corrected chi connectivity index (χ4v) is 2.04. The summed E-state index contributed by atoms with van der Waals surface area (Å²) in [6, 6.07) is 11.2. The lowest BCUT2D eigenvalue weighted by Crippen LogP contribution is -2.18. The van der Waals surface area contributed by atoms with Gasteiger partial charge in [-0.25, -0.2) is 4.39 Å². The van der Waals surface area contributed by atoms with E-state index in [4.69, 9.17) is 16.3 Å². The van der Waals surface area contributed by atoms with Gasteiger partial charge in [-0.05, 0) is 30.3 Å². The van der Waals surface area contributed by atoms with E-state index in [0.717, 1.165) is 0 Å². The lowest BCUT2D eigenvalue weighted by Gasteiger charge is -2.11. The number of nitrogens with one attached hydrogen (secondary N) is 2. The second kappa shape index (κ2) is 7.66. The summed E-state index contributed by atoms with van der Waals surface area (Å²) in [6.07, 6.45) is 0. The zero-order valence-corrected chi connectivity index (χ0v) is 12.8. The maximum atomic E-state index is 13.4. The van der Waals surface area contributed by atoms with Crippen molar-refractivity contribution >= 4 is 23.2 Å². The Balaban J connectivity index is 1.91. The molecule has 0 heterocycles. The lowest BCUT2D eigenvalue weighted by atomic mass is 10.2. The van der Waals surface area contributed by atoms with Gasteiger partial charge in [-0.1, -0.05) is 23.7 Å². The Morgan fingerprint density at radius 2 is 2.05 bits per heavy atom. The summed E-state index contributed by atoms with van der Waals surface area (Å²) in [5.41, 5.74) is 1.13. The molecule has 0 bridgehead atoms. The highest BCUT2D eigenvalue weighted by atomic mass is 35.5. The van der Waals surface area contributed by atoms with Gasteiger partial charge >= 0.3 is 0 Å². The van der Waals surface area contributed by atoms with Gasteiger partial charge in [0.15, 0.2) is 11.6 Å². The highest BCUT2D eigenvalue weighted by Gasteiger charge is 2.07. The second-order valence-electron chi connectivity index (χ2n) is 4.48. The summed E-state index contributed by atoms with van der Waals surface area (Å²) in [4.78, 5) is 11.6. The fraction of sp³-hybridized carbons (Fsp3) is 0.188. The Hall–Kier alpha value is -2.27. The number of hydrogen-bond donors (Lipinski definition) is 2. The van der Waals surface area contributed by atoms with Crippen molar-refractivity contribution in [1.82, 2.24) is 5.32 Å². The number of anilines is 1. The molecule has 0 unspecified atom stereocenters. The van der Waals surface area contributed by atoms with E-state index in [9.17, 15) is 9.18 Å². The van der Waals surface area contributed by atoms with Crippen molar-refractivity contribution in [2.75, 3.05) is 25.5 Å². The molecule has 0 saturated heterocycles. The van der Waals surface area contributed by atoms with Crippen molar-refractivity contribution < 1.29 is 13.9 Å². The topological polar surface area (TPSA) is 50.4 Å². The van der Waals surface area contributed by atoms with E-state index in [1.54, 1.807) is 43.4 Å². The summed E-state index contributed by atoms with van der Waals surface area (Å²) < 4.78 is 18.7. The van der Waals surface area contributed by atoms with Crippen LogP contribution in [0.25, 0.3) is 0 Å². The first-order valence-corrected chi connectivity index (χ1v) is 7.12. The minimum absolute atomic E-state index is 0.192. The van der Waals surface area contributed by atoms with E-state index >= 15 is 0 Å². The van der Waals surface area contributed by atoms with Crippen molar-refractivity contribution in [3.05, 3.63) is 58.9 Å². The largest absolute Gasteiger partial charge is 0.489 e. The minimum Gasteiger partial charge on any atom is -0.489 e. The van der Waals surface area contributed by atoms with Gasteiger partial charge in [0.25, 0.3) is 5.91 Å². The summed E-state index contributed by atoms with van der Waals surface area (Å²) in [5.74, 6) is -0.390. The monoisotopic (exact) mass is 322 g/mol. The summed E-state index contributed by atoms with van der Waals surface area (Å²) in [7, 11) is 1.56. The highest BCUT2D eigenvalue weighted by Crippen LogP contribution is 2.23. The van der Waals surface area contributed by atoms with E-state index in [-0.39, 0.29) is 18.3 Å². The summed E-state index contributed by atoms with van der Waals surface area (Å²) in [6.45, 7) is 0.687. The molecule has 116 valence electrons. The summed E-state index contributed by atoms with van der Waals surface area (Å²) in [5, 5.41) is 6.11. The third-order valence-corrected chi connectivity index (χ3v) is 3.30. The van der Waals surface area contributed by atoms with Crippen LogP contribution in [0.3, 0.4) is 0 Å². The van der Waals surface area contributed by atoms with Gasteiger partial charge < -0.3 is 15.4 Å². The van der Waals surface area contributed by atoms with Crippen LogP contribution < -0.4 is 15.4 Å². The fourth-order valence-electron chi connectivity index (χ4n) is 1.85.